The van der Waals surface area contributed by atoms with Crippen LogP contribution in [0.25, 0.3) is 0 Å². The molecule has 0 unspecified atom stereocenters. The fourth-order valence-corrected chi connectivity index (χ4v) is 2.00. The van der Waals surface area contributed by atoms with Crippen LogP contribution >= 0.6 is 15.9 Å². The van der Waals surface area contributed by atoms with Crippen molar-refractivity contribution in [3.8, 4) is 5.75 Å². The minimum Gasteiger partial charge on any atom is -0.494 e. The van der Waals surface area contributed by atoms with E-state index in [-0.39, 0.29) is 0 Å². The summed E-state index contributed by atoms with van der Waals surface area (Å²) < 4.78 is 6.16. The van der Waals surface area contributed by atoms with Crippen LogP contribution in [0.4, 0.5) is 11.4 Å². The van der Waals surface area contributed by atoms with E-state index in [0.29, 0.717) is 5.69 Å². The predicted molar refractivity (Wildman–Crippen MR) is 59.4 cm³/mol. The van der Waals surface area contributed by atoms with E-state index in [2.05, 4.69) is 15.9 Å². The van der Waals surface area contributed by atoms with Crippen molar-refractivity contribution in [3.63, 3.8) is 0 Å². The number of nitrogens with zero attached hydrogens (tertiary/aromatic N) is 1. The zero-order valence-electron chi connectivity index (χ0n) is 7.97. The lowest BCUT2D eigenvalue weighted by molar-refractivity contribution is 0.415. The van der Waals surface area contributed by atoms with E-state index in [1.165, 1.54) is 0 Å². The Labute approximate surface area is 86.6 Å². The van der Waals surface area contributed by atoms with Crippen LogP contribution in [0.15, 0.2) is 16.6 Å². The monoisotopic (exact) mass is 244 g/mol. The number of halogens is 1. The Morgan fingerprint density at radius 1 is 1.38 bits per heavy atom. The van der Waals surface area contributed by atoms with Gasteiger partial charge in [0, 0.05) is 30.3 Å². The molecule has 4 heteroatoms. The normalized spacial score (nSPS) is 9.85. The van der Waals surface area contributed by atoms with Crippen molar-refractivity contribution < 1.29 is 4.74 Å². The Hall–Kier alpha value is -0.900. The Morgan fingerprint density at radius 3 is 2.46 bits per heavy atom. The molecule has 0 bridgehead atoms. The number of ether oxygens (including phenoxy) is 1. The van der Waals surface area contributed by atoms with Crippen molar-refractivity contribution in [1.82, 2.24) is 0 Å². The van der Waals surface area contributed by atoms with Gasteiger partial charge in [0.25, 0.3) is 0 Å². The molecule has 1 aromatic rings. The molecule has 13 heavy (non-hydrogen) atoms. The van der Waals surface area contributed by atoms with Crippen LogP contribution in [0.2, 0.25) is 0 Å². The summed E-state index contributed by atoms with van der Waals surface area (Å²) in [5, 5.41) is 0. The zero-order chi connectivity index (χ0) is 10.0. The van der Waals surface area contributed by atoms with Gasteiger partial charge in [-0.1, -0.05) is 0 Å². The highest BCUT2D eigenvalue weighted by Gasteiger charge is 2.10. The molecule has 0 saturated heterocycles. The van der Waals surface area contributed by atoms with Gasteiger partial charge < -0.3 is 15.4 Å². The SMILES string of the molecule is COc1cc(N)cc(Br)c1N(C)C. The Kier molecular flexibility index (Phi) is 3.03. The van der Waals surface area contributed by atoms with Gasteiger partial charge in [-0.3, -0.25) is 0 Å². The molecule has 0 aliphatic carbocycles. The topological polar surface area (TPSA) is 38.5 Å². The Bertz CT molecular complexity index is 313. The van der Waals surface area contributed by atoms with Gasteiger partial charge >= 0.3 is 0 Å². The smallest absolute Gasteiger partial charge is 0.145 e. The van der Waals surface area contributed by atoms with Crippen LogP contribution in [0.5, 0.6) is 5.75 Å². The molecule has 2 N–H and O–H groups in total. The third-order valence-corrected chi connectivity index (χ3v) is 2.32. The molecule has 1 rings (SSSR count). The predicted octanol–water partition coefficient (Wildman–Crippen LogP) is 2.11. The average molecular weight is 245 g/mol. The highest BCUT2D eigenvalue weighted by Crippen LogP contribution is 2.36. The summed E-state index contributed by atoms with van der Waals surface area (Å²) in [7, 11) is 5.55. The molecule has 0 radical (unpaired) electrons. The van der Waals surface area contributed by atoms with Crippen LogP contribution in [-0.2, 0) is 0 Å². The summed E-state index contributed by atoms with van der Waals surface area (Å²) in [5.74, 6) is 0.775. The summed E-state index contributed by atoms with van der Waals surface area (Å²) in [6, 6.07) is 3.66. The second-order valence-electron chi connectivity index (χ2n) is 2.95. The molecule has 72 valence electrons. The number of hydrogen-bond donors (Lipinski definition) is 1. The number of nitrogens with two attached hydrogens (primary N) is 1. The molecule has 0 heterocycles. The minimum atomic E-state index is 0.689. The fourth-order valence-electron chi connectivity index (χ4n) is 1.18. The molecule has 0 fully saturated rings. The second kappa shape index (κ2) is 3.87. The van der Waals surface area contributed by atoms with Crippen LogP contribution in [0, 0.1) is 0 Å². The molecule has 0 aromatic heterocycles. The van der Waals surface area contributed by atoms with E-state index in [1.807, 2.05) is 25.1 Å². The molecule has 0 amide bonds. The fraction of sp³-hybridized carbons (Fsp3) is 0.333. The summed E-state index contributed by atoms with van der Waals surface area (Å²) in [6.07, 6.45) is 0. The van der Waals surface area contributed by atoms with Gasteiger partial charge in [-0.05, 0) is 22.0 Å². The molecule has 0 spiro atoms. The number of hydrogen-bond acceptors (Lipinski definition) is 3. The van der Waals surface area contributed by atoms with E-state index < -0.39 is 0 Å². The van der Waals surface area contributed by atoms with Gasteiger partial charge in [0.05, 0.1) is 12.8 Å². The number of methoxy groups -OCH3 is 1. The highest BCUT2D eigenvalue weighted by molar-refractivity contribution is 9.10. The van der Waals surface area contributed by atoms with Crippen molar-refractivity contribution in [2.24, 2.45) is 0 Å². The molecule has 1 aromatic carbocycles. The Morgan fingerprint density at radius 2 is 2.00 bits per heavy atom. The maximum absolute atomic E-state index is 5.68. The van der Waals surface area contributed by atoms with Gasteiger partial charge in [0.2, 0.25) is 0 Å². The van der Waals surface area contributed by atoms with Crippen molar-refractivity contribution in [2.75, 3.05) is 31.8 Å². The second-order valence-corrected chi connectivity index (χ2v) is 3.80. The van der Waals surface area contributed by atoms with Gasteiger partial charge in [-0.2, -0.15) is 0 Å². The first-order valence-corrected chi connectivity index (χ1v) is 4.66. The van der Waals surface area contributed by atoms with Gasteiger partial charge in [-0.25, -0.2) is 0 Å². The van der Waals surface area contributed by atoms with Gasteiger partial charge in [0.1, 0.15) is 5.75 Å². The first-order valence-electron chi connectivity index (χ1n) is 3.86. The van der Waals surface area contributed by atoms with E-state index in [4.69, 9.17) is 10.5 Å². The van der Waals surface area contributed by atoms with Gasteiger partial charge in [-0.15, -0.1) is 0 Å². The van der Waals surface area contributed by atoms with Crippen molar-refractivity contribution in [1.29, 1.82) is 0 Å². The molecular formula is C9H13BrN2O. The minimum absolute atomic E-state index is 0.689. The van der Waals surface area contributed by atoms with E-state index >= 15 is 0 Å². The summed E-state index contributed by atoms with van der Waals surface area (Å²) in [4.78, 5) is 1.97. The first kappa shape index (κ1) is 10.2. The maximum Gasteiger partial charge on any atom is 0.145 e. The zero-order valence-corrected chi connectivity index (χ0v) is 9.55. The average Bonchev–Trinajstić information content (AvgIpc) is 2.01. The van der Waals surface area contributed by atoms with Crippen LogP contribution in [0.3, 0.4) is 0 Å². The summed E-state index contributed by atoms with van der Waals surface area (Å²) >= 11 is 3.44. The lowest BCUT2D eigenvalue weighted by Gasteiger charge is -2.18. The highest BCUT2D eigenvalue weighted by atomic mass is 79.9. The van der Waals surface area contributed by atoms with Crippen LogP contribution in [0.1, 0.15) is 0 Å². The molecular weight excluding hydrogens is 232 g/mol. The lowest BCUT2D eigenvalue weighted by Crippen LogP contribution is -2.11. The summed E-state index contributed by atoms with van der Waals surface area (Å²) in [6.45, 7) is 0. The number of anilines is 2. The molecule has 0 aliphatic heterocycles. The largest absolute Gasteiger partial charge is 0.494 e. The molecule has 0 atom stereocenters. The van der Waals surface area contributed by atoms with E-state index in [9.17, 15) is 0 Å². The van der Waals surface area contributed by atoms with Crippen LogP contribution < -0.4 is 15.4 Å². The lowest BCUT2D eigenvalue weighted by atomic mass is 10.2. The first-order chi connectivity index (χ1) is 6.06. The maximum atomic E-state index is 5.68. The number of nitrogen functional groups attached to an aromatic ring is 1. The van der Waals surface area contributed by atoms with Gasteiger partial charge in [0.15, 0.2) is 0 Å². The molecule has 0 saturated carbocycles. The molecule has 0 aliphatic rings. The van der Waals surface area contributed by atoms with Crippen molar-refractivity contribution in [2.45, 2.75) is 0 Å². The third kappa shape index (κ3) is 2.06. The summed E-state index contributed by atoms with van der Waals surface area (Å²) in [5.41, 5.74) is 7.36. The Balaban J connectivity index is 3.30. The number of benzene rings is 1. The standard InChI is InChI=1S/C9H13BrN2O/c1-12(2)9-7(10)4-6(11)5-8(9)13-3/h4-5H,11H2,1-3H3. The van der Waals surface area contributed by atoms with Crippen molar-refractivity contribution in [3.05, 3.63) is 16.6 Å². The van der Waals surface area contributed by atoms with Crippen LogP contribution in [-0.4, -0.2) is 21.2 Å². The quantitative estimate of drug-likeness (QED) is 0.811. The van der Waals surface area contributed by atoms with Crippen molar-refractivity contribution >= 4 is 27.3 Å². The van der Waals surface area contributed by atoms with E-state index in [1.54, 1.807) is 13.2 Å². The molecule has 3 nitrogen and oxygen atoms in total. The van der Waals surface area contributed by atoms with E-state index in [0.717, 1.165) is 15.9 Å². The third-order valence-electron chi connectivity index (χ3n) is 1.72. The number of rotatable bonds is 2.